The number of amides is 2. The Kier molecular flexibility index (Phi) is 7.77. The molecule has 180 valence electrons. The molecule has 0 saturated carbocycles. The summed E-state index contributed by atoms with van der Waals surface area (Å²) < 4.78 is 11.1. The van der Waals surface area contributed by atoms with Gasteiger partial charge in [-0.25, -0.2) is 0 Å². The molecule has 1 N–H and O–H groups in total. The van der Waals surface area contributed by atoms with E-state index < -0.39 is 0 Å². The minimum absolute atomic E-state index is 0.0748. The summed E-state index contributed by atoms with van der Waals surface area (Å²) in [7, 11) is 0. The fourth-order valence-electron chi connectivity index (χ4n) is 3.91. The molecule has 1 aliphatic rings. The number of nitrogens with zero attached hydrogens (tertiary/aromatic N) is 1. The number of hydrogen-bond acceptors (Lipinski definition) is 5. The SMILES string of the molecule is CC(NC(=O)CCCN1C(=O)COc2ccc(C(=O)COc3ccccc3)cc21)c1ccccc1. The van der Waals surface area contributed by atoms with Crippen LogP contribution in [0.25, 0.3) is 0 Å². The maximum Gasteiger partial charge on any atom is 0.265 e. The van der Waals surface area contributed by atoms with Crippen molar-refractivity contribution in [2.24, 2.45) is 0 Å². The Bertz CT molecular complexity index is 1180. The summed E-state index contributed by atoms with van der Waals surface area (Å²) in [4.78, 5) is 39.3. The fraction of sp³-hybridized carbons (Fsp3) is 0.250. The molecule has 0 radical (unpaired) electrons. The van der Waals surface area contributed by atoms with Crippen LogP contribution in [0.5, 0.6) is 11.5 Å². The highest BCUT2D eigenvalue weighted by Crippen LogP contribution is 2.33. The number of benzene rings is 3. The molecule has 1 unspecified atom stereocenters. The third kappa shape index (κ3) is 6.26. The second-order valence-corrected chi connectivity index (χ2v) is 8.34. The molecule has 3 aromatic rings. The number of rotatable bonds is 10. The summed E-state index contributed by atoms with van der Waals surface area (Å²) >= 11 is 0. The molecule has 2 amide bonds. The summed E-state index contributed by atoms with van der Waals surface area (Å²) in [5.74, 6) is 0.653. The second kappa shape index (κ2) is 11.3. The van der Waals surface area contributed by atoms with Gasteiger partial charge in [0.2, 0.25) is 5.91 Å². The van der Waals surface area contributed by atoms with Gasteiger partial charge in [0.15, 0.2) is 19.0 Å². The van der Waals surface area contributed by atoms with Crippen molar-refractivity contribution in [3.8, 4) is 11.5 Å². The lowest BCUT2D eigenvalue weighted by Crippen LogP contribution is -2.40. The van der Waals surface area contributed by atoms with Crippen molar-refractivity contribution in [2.45, 2.75) is 25.8 Å². The van der Waals surface area contributed by atoms with Crippen LogP contribution < -0.4 is 19.7 Å². The largest absolute Gasteiger partial charge is 0.485 e. The van der Waals surface area contributed by atoms with Crippen molar-refractivity contribution in [2.75, 3.05) is 24.7 Å². The number of carbonyl (C=O) groups is 3. The average molecular weight is 473 g/mol. The van der Waals surface area contributed by atoms with Crippen LogP contribution in [0, 0.1) is 0 Å². The first kappa shape index (κ1) is 24.0. The maximum absolute atomic E-state index is 12.7. The van der Waals surface area contributed by atoms with Crippen molar-refractivity contribution >= 4 is 23.3 Å². The number of anilines is 1. The molecule has 0 aromatic heterocycles. The molecular formula is C28H28N2O5. The summed E-state index contributed by atoms with van der Waals surface area (Å²) in [6, 6.07) is 23.8. The van der Waals surface area contributed by atoms with E-state index in [0.29, 0.717) is 35.7 Å². The molecule has 4 rings (SSSR count). The van der Waals surface area contributed by atoms with Gasteiger partial charge in [0.1, 0.15) is 11.5 Å². The Labute approximate surface area is 204 Å². The van der Waals surface area contributed by atoms with E-state index in [-0.39, 0.29) is 43.3 Å². The van der Waals surface area contributed by atoms with Gasteiger partial charge in [-0.3, -0.25) is 14.4 Å². The van der Waals surface area contributed by atoms with Gasteiger partial charge in [-0.2, -0.15) is 0 Å². The first-order valence-corrected chi connectivity index (χ1v) is 11.6. The van der Waals surface area contributed by atoms with Gasteiger partial charge < -0.3 is 19.7 Å². The van der Waals surface area contributed by atoms with Gasteiger partial charge in [0.05, 0.1) is 11.7 Å². The number of nitrogens with one attached hydrogen (secondary N) is 1. The molecule has 1 aliphatic heterocycles. The summed E-state index contributed by atoms with van der Waals surface area (Å²) in [6.45, 7) is 2.10. The molecule has 7 nitrogen and oxygen atoms in total. The molecule has 0 fully saturated rings. The molecule has 0 bridgehead atoms. The zero-order chi connectivity index (χ0) is 24.6. The van der Waals surface area contributed by atoms with Gasteiger partial charge in [-0.05, 0) is 49.2 Å². The molecule has 0 aliphatic carbocycles. The Hall–Kier alpha value is -4.13. The molecule has 1 heterocycles. The van der Waals surface area contributed by atoms with Crippen molar-refractivity contribution < 1.29 is 23.9 Å². The highest BCUT2D eigenvalue weighted by molar-refractivity contribution is 6.02. The normalized spacial score (nSPS) is 13.4. The predicted octanol–water partition coefficient (Wildman–Crippen LogP) is 4.33. The number of fused-ring (bicyclic) bond motifs is 1. The monoisotopic (exact) mass is 472 g/mol. The lowest BCUT2D eigenvalue weighted by Gasteiger charge is -2.29. The Morgan fingerprint density at radius 3 is 2.49 bits per heavy atom. The number of hydrogen-bond donors (Lipinski definition) is 1. The zero-order valence-corrected chi connectivity index (χ0v) is 19.6. The summed E-state index contributed by atoms with van der Waals surface area (Å²) in [5, 5.41) is 2.99. The van der Waals surface area contributed by atoms with Crippen molar-refractivity contribution in [1.82, 2.24) is 5.32 Å². The summed E-state index contributed by atoms with van der Waals surface area (Å²) in [6.07, 6.45) is 0.758. The lowest BCUT2D eigenvalue weighted by molar-refractivity contribution is -0.123. The van der Waals surface area contributed by atoms with E-state index in [4.69, 9.17) is 9.47 Å². The van der Waals surface area contributed by atoms with Crippen LogP contribution in [0.3, 0.4) is 0 Å². The molecule has 1 atom stereocenters. The third-order valence-corrected chi connectivity index (χ3v) is 5.80. The Balaban J connectivity index is 1.35. The molecule has 3 aromatic carbocycles. The van der Waals surface area contributed by atoms with E-state index in [1.54, 1.807) is 35.2 Å². The van der Waals surface area contributed by atoms with Gasteiger partial charge in [-0.1, -0.05) is 48.5 Å². The van der Waals surface area contributed by atoms with Crippen LogP contribution in [0.15, 0.2) is 78.9 Å². The van der Waals surface area contributed by atoms with Crippen molar-refractivity contribution in [1.29, 1.82) is 0 Å². The smallest absolute Gasteiger partial charge is 0.265 e. The molecule has 0 saturated heterocycles. The average Bonchev–Trinajstić information content (AvgIpc) is 2.89. The van der Waals surface area contributed by atoms with Crippen LogP contribution in [0.4, 0.5) is 5.69 Å². The highest BCUT2D eigenvalue weighted by atomic mass is 16.5. The number of ketones is 1. The van der Waals surface area contributed by atoms with E-state index in [1.807, 2.05) is 55.5 Å². The third-order valence-electron chi connectivity index (χ3n) is 5.80. The molecular weight excluding hydrogens is 444 g/mol. The van der Waals surface area contributed by atoms with Gasteiger partial charge >= 0.3 is 0 Å². The van der Waals surface area contributed by atoms with Crippen LogP contribution >= 0.6 is 0 Å². The first-order chi connectivity index (χ1) is 17.0. The number of para-hydroxylation sites is 1. The minimum Gasteiger partial charge on any atom is -0.485 e. The van der Waals surface area contributed by atoms with Gasteiger partial charge in [0, 0.05) is 18.5 Å². The Morgan fingerprint density at radius 2 is 1.74 bits per heavy atom. The molecule has 35 heavy (non-hydrogen) atoms. The van der Waals surface area contributed by atoms with E-state index in [1.165, 1.54) is 0 Å². The number of carbonyl (C=O) groups excluding carboxylic acids is 3. The number of Topliss-reactive ketones (excluding diaryl/α,β-unsaturated/α-hetero) is 1. The minimum atomic E-state index is -0.208. The van der Waals surface area contributed by atoms with Crippen LogP contribution in [-0.2, 0) is 9.59 Å². The van der Waals surface area contributed by atoms with Crippen LogP contribution in [0.2, 0.25) is 0 Å². The van der Waals surface area contributed by atoms with E-state index in [9.17, 15) is 14.4 Å². The predicted molar refractivity (Wildman–Crippen MR) is 133 cm³/mol. The van der Waals surface area contributed by atoms with E-state index in [2.05, 4.69) is 5.32 Å². The molecule has 0 spiro atoms. The topological polar surface area (TPSA) is 84.9 Å². The fourth-order valence-corrected chi connectivity index (χ4v) is 3.91. The van der Waals surface area contributed by atoms with Crippen LogP contribution in [-0.4, -0.2) is 37.4 Å². The van der Waals surface area contributed by atoms with Gasteiger partial charge in [-0.15, -0.1) is 0 Å². The summed E-state index contributed by atoms with van der Waals surface area (Å²) in [5.41, 5.74) is 1.99. The Morgan fingerprint density at radius 1 is 1.03 bits per heavy atom. The van der Waals surface area contributed by atoms with Crippen molar-refractivity contribution in [3.63, 3.8) is 0 Å². The van der Waals surface area contributed by atoms with Crippen LogP contribution in [0.1, 0.15) is 41.7 Å². The van der Waals surface area contributed by atoms with Gasteiger partial charge in [0.25, 0.3) is 5.91 Å². The van der Waals surface area contributed by atoms with Crippen molar-refractivity contribution in [3.05, 3.63) is 90.0 Å². The molecule has 7 heteroatoms. The standard InChI is InChI=1S/C28H28N2O5/c1-20(21-9-4-2-5-10-21)29-27(32)13-8-16-30-24-17-22(14-15-26(24)35-19-28(30)33)25(31)18-34-23-11-6-3-7-12-23/h2-7,9-12,14-15,17,20H,8,13,16,18-19H2,1H3,(H,29,32). The highest BCUT2D eigenvalue weighted by Gasteiger charge is 2.26. The first-order valence-electron chi connectivity index (χ1n) is 11.6. The lowest BCUT2D eigenvalue weighted by atomic mass is 10.1. The van der Waals surface area contributed by atoms with E-state index >= 15 is 0 Å². The maximum atomic E-state index is 12.7. The van der Waals surface area contributed by atoms with E-state index in [0.717, 1.165) is 5.56 Å². The number of ether oxygens (including phenoxy) is 2. The quantitative estimate of drug-likeness (QED) is 0.444. The second-order valence-electron chi connectivity index (χ2n) is 8.34. The zero-order valence-electron chi connectivity index (χ0n) is 19.6.